The fourth-order valence-corrected chi connectivity index (χ4v) is 1.46. The number of anilines is 1. The van der Waals surface area contributed by atoms with Crippen molar-refractivity contribution in [1.82, 2.24) is 0 Å². The van der Waals surface area contributed by atoms with Crippen molar-refractivity contribution in [3.05, 3.63) is 29.3 Å². The minimum Gasteiger partial charge on any atom is -0.481 e. The number of carboxylic acid groups (broad SMARTS) is 1. The van der Waals surface area contributed by atoms with Gasteiger partial charge in [0, 0.05) is 5.69 Å². The quantitative estimate of drug-likeness (QED) is 0.728. The van der Waals surface area contributed by atoms with Gasteiger partial charge in [0.25, 0.3) is 0 Å². The molecule has 1 unspecified atom stereocenters. The van der Waals surface area contributed by atoms with Crippen LogP contribution in [0, 0.1) is 13.8 Å². The van der Waals surface area contributed by atoms with Crippen molar-refractivity contribution in [3.8, 4) is 0 Å². The number of hydrogen-bond donors (Lipinski definition) is 3. The number of carboxylic acids is 1. The summed E-state index contributed by atoms with van der Waals surface area (Å²) in [5.74, 6) is -1.58. The summed E-state index contributed by atoms with van der Waals surface area (Å²) in [6, 6.07) is 4.54. The zero-order valence-corrected chi connectivity index (χ0v) is 9.86. The number of benzene rings is 1. The van der Waals surface area contributed by atoms with E-state index >= 15 is 0 Å². The summed E-state index contributed by atoms with van der Waals surface area (Å²) >= 11 is 0. The van der Waals surface area contributed by atoms with Gasteiger partial charge >= 0.3 is 5.97 Å². The van der Waals surface area contributed by atoms with Gasteiger partial charge in [0.2, 0.25) is 5.91 Å². The number of nitrogens with one attached hydrogen (secondary N) is 1. The average Bonchev–Trinajstić information content (AvgIpc) is 2.21. The number of amides is 1. The highest BCUT2D eigenvalue weighted by atomic mass is 16.4. The molecule has 0 aliphatic heterocycles. The number of aryl methyl sites for hydroxylation is 2. The topological polar surface area (TPSA) is 92.4 Å². The highest BCUT2D eigenvalue weighted by molar-refractivity contribution is 5.97. The molecule has 4 N–H and O–H groups in total. The van der Waals surface area contributed by atoms with E-state index < -0.39 is 17.9 Å². The molecule has 0 saturated heterocycles. The maximum absolute atomic E-state index is 11.6. The van der Waals surface area contributed by atoms with Gasteiger partial charge in [-0.3, -0.25) is 9.59 Å². The lowest BCUT2D eigenvalue weighted by atomic mass is 10.1. The van der Waals surface area contributed by atoms with Crippen LogP contribution in [0.15, 0.2) is 18.2 Å². The Hall–Kier alpha value is -1.88. The Morgan fingerprint density at radius 2 is 2.06 bits per heavy atom. The molecule has 0 radical (unpaired) electrons. The fraction of sp³-hybridized carbons (Fsp3) is 0.333. The largest absolute Gasteiger partial charge is 0.481 e. The van der Waals surface area contributed by atoms with Gasteiger partial charge in [-0.1, -0.05) is 17.7 Å². The van der Waals surface area contributed by atoms with E-state index in [1.165, 1.54) is 0 Å². The Balaban J connectivity index is 2.71. The lowest BCUT2D eigenvalue weighted by Crippen LogP contribution is -2.37. The normalized spacial score (nSPS) is 11.9. The van der Waals surface area contributed by atoms with Crippen molar-refractivity contribution in [2.24, 2.45) is 5.73 Å². The van der Waals surface area contributed by atoms with Crippen LogP contribution in [-0.4, -0.2) is 23.0 Å². The molecule has 0 aliphatic carbocycles. The van der Waals surface area contributed by atoms with Crippen LogP contribution >= 0.6 is 0 Å². The van der Waals surface area contributed by atoms with Gasteiger partial charge in [-0.15, -0.1) is 0 Å². The summed E-state index contributed by atoms with van der Waals surface area (Å²) in [6.45, 7) is 3.82. The Bertz CT molecular complexity index is 443. The molecule has 0 heterocycles. The summed E-state index contributed by atoms with van der Waals surface area (Å²) in [5, 5.41) is 11.1. The zero-order chi connectivity index (χ0) is 13.0. The van der Waals surface area contributed by atoms with E-state index in [0.717, 1.165) is 11.1 Å². The van der Waals surface area contributed by atoms with Crippen LogP contribution in [-0.2, 0) is 9.59 Å². The summed E-state index contributed by atoms with van der Waals surface area (Å²) in [5.41, 5.74) is 8.12. The summed E-state index contributed by atoms with van der Waals surface area (Å²) in [6.07, 6.45) is -0.378. The summed E-state index contributed by atoms with van der Waals surface area (Å²) < 4.78 is 0. The van der Waals surface area contributed by atoms with Gasteiger partial charge in [-0.2, -0.15) is 0 Å². The molecular formula is C12H16N2O3. The molecule has 1 atom stereocenters. The first-order valence-corrected chi connectivity index (χ1v) is 5.25. The van der Waals surface area contributed by atoms with Crippen LogP contribution in [0.4, 0.5) is 5.69 Å². The number of rotatable bonds is 4. The third-order valence-electron chi connectivity index (χ3n) is 2.37. The Labute approximate surface area is 99.6 Å². The first kappa shape index (κ1) is 13.2. The average molecular weight is 236 g/mol. The Kier molecular flexibility index (Phi) is 4.23. The van der Waals surface area contributed by atoms with Crippen molar-refractivity contribution in [2.45, 2.75) is 26.3 Å². The molecule has 5 nitrogen and oxygen atoms in total. The lowest BCUT2D eigenvalue weighted by molar-refractivity contribution is -0.138. The molecule has 17 heavy (non-hydrogen) atoms. The molecule has 0 aliphatic rings. The zero-order valence-electron chi connectivity index (χ0n) is 9.86. The number of nitrogens with two attached hydrogens (primary N) is 1. The number of carbonyl (C=O) groups excluding carboxylic acids is 1. The van der Waals surface area contributed by atoms with Crippen molar-refractivity contribution in [3.63, 3.8) is 0 Å². The summed E-state index contributed by atoms with van der Waals surface area (Å²) in [7, 11) is 0. The molecule has 0 spiro atoms. The van der Waals surface area contributed by atoms with E-state index in [1.54, 1.807) is 6.07 Å². The van der Waals surface area contributed by atoms with Crippen LogP contribution in [0.5, 0.6) is 0 Å². The number of aliphatic carboxylic acids is 1. The van der Waals surface area contributed by atoms with Crippen LogP contribution < -0.4 is 11.1 Å². The van der Waals surface area contributed by atoms with Gasteiger partial charge < -0.3 is 16.2 Å². The first-order chi connectivity index (χ1) is 7.90. The highest BCUT2D eigenvalue weighted by Gasteiger charge is 2.17. The third kappa shape index (κ3) is 3.88. The van der Waals surface area contributed by atoms with Gasteiger partial charge in [0.05, 0.1) is 12.5 Å². The highest BCUT2D eigenvalue weighted by Crippen LogP contribution is 2.16. The van der Waals surface area contributed by atoms with E-state index in [2.05, 4.69) is 5.32 Å². The van der Waals surface area contributed by atoms with Crippen molar-refractivity contribution in [1.29, 1.82) is 0 Å². The van der Waals surface area contributed by atoms with Gasteiger partial charge in [-0.25, -0.2) is 0 Å². The molecule has 92 valence electrons. The van der Waals surface area contributed by atoms with Gasteiger partial charge in [0.15, 0.2) is 0 Å². The SMILES string of the molecule is Cc1ccc(NC(=O)C(N)CC(=O)O)c(C)c1. The van der Waals surface area contributed by atoms with E-state index in [-0.39, 0.29) is 6.42 Å². The predicted molar refractivity (Wildman–Crippen MR) is 64.8 cm³/mol. The van der Waals surface area contributed by atoms with Crippen molar-refractivity contribution < 1.29 is 14.7 Å². The minimum atomic E-state index is -1.09. The Morgan fingerprint density at radius 1 is 1.41 bits per heavy atom. The van der Waals surface area contributed by atoms with E-state index in [4.69, 9.17) is 10.8 Å². The molecule has 0 saturated carbocycles. The second-order valence-electron chi connectivity index (χ2n) is 4.01. The molecule has 0 bridgehead atoms. The fourth-order valence-electron chi connectivity index (χ4n) is 1.46. The molecule has 1 aromatic rings. The molecule has 5 heteroatoms. The Morgan fingerprint density at radius 3 is 2.59 bits per heavy atom. The molecule has 0 fully saturated rings. The van der Waals surface area contributed by atoms with Crippen LogP contribution in [0.25, 0.3) is 0 Å². The van der Waals surface area contributed by atoms with E-state index in [1.807, 2.05) is 26.0 Å². The minimum absolute atomic E-state index is 0.378. The number of hydrogen-bond acceptors (Lipinski definition) is 3. The van der Waals surface area contributed by atoms with E-state index in [0.29, 0.717) is 5.69 Å². The smallest absolute Gasteiger partial charge is 0.305 e. The molecule has 1 rings (SSSR count). The second-order valence-corrected chi connectivity index (χ2v) is 4.01. The summed E-state index contributed by atoms with van der Waals surface area (Å²) in [4.78, 5) is 22.0. The van der Waals surface area contributed by atoms with Crippen molar-refractivity contribution >= 4 is 17.6 Å². The van der Waals surface area contributed by atoms with Crippen molar-refractivity contribution in [2.75, 3.05) is 5.32 Å². The maximum Gasteiger partial charge on any atom is 0.305 e. The molecule has 1 aromatic carbocycles. The standard InChI is InChI=1S/C12H16N2O3/c1-7-3-4-10(8(2)5-7)14-12(17)9(13)6-11(15)16/h3-5,9H,6,13H2,1-2H3,(H,14,17)(H,15,16). The molecule has 1 amide bonds. The first-order valence-electron chi connectivity index (χ1n) is 5.25. The predicted octanol–water partition coefficient (Wildman–Crippen LogP) is 1.04. The lowest BCUT2D eigenvalue weighted by Gasteiger charge is -2.12. The van der Waals surface area contributed by atoms with Crippen LogP contribution in [0.2, 0.25) is 0 Å². The second kappa shape index (κ2) is 5.45. The monoisotopic (exact) mass is 236 g/mol. The number of carbonyl (C=O) groups is 2. The maximum atomic E-state index is 11.6. The van der Waals surface area contributed by atoms with E-state index in [9.17, 15) is 9.59 Å². The van der Waals surface area contributed by atoms with Crippen LogP contribution in [0.1, 0.15) is 17.5 Å². The third-order valence-corrected chi connectivity index (χ3v) is 2.37. The molecule has 0 aromatic heterocycles. The van der Waals surface area contributed by atoms with Gasteiger partial charge in [-0.05, 0) is 25.5 Å². The molecular weight excluding hydrogens is 220 g/mol. The van der Waals surface area contributed by atoms with Gasteiger partial charge in [0.1, 0.15) is 0 Å². The van der Waals surface area contributed by atoms with Crippen LogP contribution in [0.3, 0.4) is 0 Å².